The summed E-state index contributed by atoms with van der Waals surface area (Å²) in [5.74, 6) is -3.19. The van der Waals surface area contributed by atoms with E-state index in [1.807, 2.05) is 0 Å². The smallest absolute Gasteiger partial charge is 0.380 e. The van der Waals surface area contributed by atoms with E-state index < -0.39 is 24.1 Å². The molecule has 1 saturated heterocycles. The molecule has 0 saturated carbocycles. The molecule has 1 amide bonds. The topological polar surface area (TPSA) is 67.9 Å². The van der Waals surface area contributed by atoms with Crippen LogP contribution in [-0.4, -0.2) is 55.5 Å². The first-order chi connectivity index (χ1) is 8.75. The van der Waals surface area contributed by atoms with Crippen molar-refractivity contribution in [2.45, 2.75) is 31.7 Å². The van der Waals surface area contributed by atoms with Crippen LogP contribution in [0.5, 0.6) is 0 Å². The Bertz CT molecular complexity index is 348. The molecule has 110 valence electrons. The molecule has 0 bridgehead atoms. The number of nitrogens with zero attached hydrogens (tertiary/aromatic N) is 1. The fourth-order valence-electron chi connectivity index (χ4n) is 1.78. The first kappa shape index (κ1) is 15.7. The van der Waals surface area contributed by atoms with Gasteiger partial charge in [0, 0.05) is 27.1 Å². The SMILES string of the molecule is COC1CNCC(N(OC(C)=O)C(=O)C(F)(F)F)C1. The first-order valence-corrected chi connectivity index (χ1v) is 5.58. The van der Waals surface area contributed by atoms with Crippen molar-refractivity contribution in [1.29, 1.82) is 0 Å². The van der Waals surface area contributed by atoms with E-state index in [1.165, 1.54) is 7.11 Å². The van der Waals surface area contributed by atoms with Crippen molar-refractivity contribution < 1.29 is 32.3 Å². The Labute approximate surface area is 107 Å². The van der Waals surface area contributed by atoms with E-state index >= 15 is 0 Å². The summed E-state index contributed by atoms with van der Waals surface area (Å²) < 4.78 is 42.4. The monoisotopic (exact) mass is 284 g/mol. The fourth-order valence-corrected chi connectivity index (χ4v) is 1.78. The zero-order chi connectivity index (χ0) is 14.6. The second kappa shape index (κ2) is 6.20. The van der Waals surface area contributed by atoms with Gasteiger partial charge in [0.15, 0.2) is 0 Å². The summed E-state index contributed by atoms with van der Waals surface area (Å²) >= 11 is 0. The van der Waals surface area contributed by atoms with Crippen molar-refractivity contribution in [1.82, 2.24) is 10.4 Å². The zero-order valence-corrected chi connectivity index (χ0v) is 10.5. The van der Waals surface area contributed by atoms with E-state index in [9.17, 15) is 22.8 Å². The molecular formula is C10H15F3N2O4. The second-order valence-electron chi connectivity index (χ2n) is 4.12. The predicted octanol–water partition coefficient (Wildman–Crippen LogP) is 0.232. The molecule has 1 aliphatic rings. The Kier molecular flexibility index (Phi) is 5.12. The number of halogens is 3. The highest BCUT2D eigenvalue weighted by molar-refractivity contribution is 5.82. The van der Waals surface area contributed by atoms with Crippen molar-refractivity contribution in [3.05, 3.63) is 0 Å². The van der Waals surface area contributed by atoms with Crippen LogP contribution in [0.25, 0.3) is 0 Å². The molecule has 0 aromatic rings. The summed E-state index contributed by atoms with van der Waals surface area (Å²) in [6, 6.07) is -0.920. The summed E-state index contributed by atoms with van der Waals surface area (Å²) in [4.78, 5) is 26.5. The molecule has 0 aromatic heterocycles. The van der Waals surface area contributed by atoms with Crippen molar-refractivity contribution in [3.8, 4) is 0 Å². The fraction of sp³-hybridized carbons (Fsp3) is 0.800. The van der Waals surface area contributed by atoms with Gasteiger partial charge in [-0.05, 0) is 6.42 Å². The number of piperidine rings is 1. The summed E-state index contributed by atoms with van der Waals surface area (Å²) in [5.41, 5.74) is 0. The molecule has 19 heavy (non-hydrogen) atoms. The van der Waals surface area contributed by atoms with Crippen LogP contribution < -0.4 is 5.32 Å². The normalized spacial score (nSPS) is 23.8. The third kappa shape index (κ3) is 4.35. The molecule has 1 rings (SSSR count). The number of amides is 1. The molecule has 1 N–H and O–H groups in total. The number of rotatable bonds is 2. The van der Waals surface area contributed by atoms with Gasteiger partial charge in [0.25, 0.3) is 0 Å². The van der Waals surface area contributed by atoms with Crippen LogP contribution >= 0.6 is 0 Å². The molecule has 1 heterocycles. The van der Waals surface area contributed by atoms with Crippen molar-refractivity contribution in [2.24, 2.45) is 0 Å². The van der Waals surface area contributed by atoms with E-state index in [-0.39, 0.29) is 24.1 Å². The minimum Gasteiger partial charge on any atom is -0.380 e. The number of carbonyl (C=O) groups is 2. The van der Waals surface area contributed by atoms with Gasteiger partial charge in [0.2, 0.25) is 0 Å². The first-order valence-electron chi connectivity index (χ1n) is 5.58. The Morgan fingerprint density at radius 1 is 1.32 bits per heavy atom. The highest BCUT2D eigenvalue weighted by atomic mass is 19.4. The van der Waals surface area contributed by atoms with Crippen LogP contribution in [-0.2, 0) is 19.2 Å². The van der Waals surface area contributed by atoms with Gasteiger partial charge in [0.1, 0.15) is 0 Å². The second-order valence-corrected chi connectivity index (χ2v) is 4.12. The number of hydrogen-bond donors (Lipinski definition) is 1. The molecule has 1 aliphatic heterocycles. The van der Waals surface area contributed by atoms with Gasteiger partial charge in [-0.15, -0.1) is 0 Å². The van der Waals surface area contributed by atoms with Crippen LogP contribution in [0.2, 0.25) is 0 Å². The van der Waals surface area contributed by atoms with Crippen molar-refractivity contribution in [2.75, 3.05) is 20.2 Å². The van der Waals surface area contributed by atoms with Crippen LogP contribution in [0.4, 0.5) is 13.2 Å². The summed E-state index contributed by atoms with van der Waals surface area (Å²) in [5, 5.41) is 2.90. The van der Waals surface area contributed by atoms with E-state index in [2.05, 4.69) is 10.2 Å². The van der Waals surface area contributed by atoms with Gasteiger partial charge in [0.05, 0.1) is 12.1 Å². The summed E-state index contributed by atoms with van der Waals surface area (Å²) in [6.45, 7) is 1.48. The highest BCUT2D eigenvalue weighted by Crippen LogP contribution is 2.23. The number of nitrogens with one attached hydrogen (secondary N) is 1. The van der Waals surface area contributed by atoms with Crippen molar-refractivity contribution in [3.63, 3.8) is 0 Å². The van der Waals surface area contributed by atoms with E-state index in [0.29, 0.717) is 6.54 Å². The minimum atomic E-state index is -5.10. The van der Waals surface area contributed by atoms with Gasteiger partial charge in [-0.1, -0.05) is 0 Å². The number of hydrogen-bond acceptors (Lipinski definition) is 5. The third-order valence-corrected chi connectivity index (χ3v) is 2.62. The van der Waals surface area contributed by atoms with Gasteiger partial charge in [-0.3, -0.25) is 9.59 Å². The standard InChI is InChI=1S/C10H15F3N2O4/c1-6(16)19-15(9(17)10(11,12)13)7-3-8(18-2)5-14-4-7/h7-8,14H,3-5H2,1-2H3. The third-order valence-electron chi connectivity index (χ3n) is 2.62. The van der Waals surface area contributed by atoms with Crippen LogP contribution in [0, 0.1) is 0 Å². The molecule has 0 aromatic carbocycles. The number of carbonyl (C=O) groups excluding carboxylic acids is 2. The molecule has 2 atom stereocenters. The summed E-state index contributed by atoms with van der Waals surface area (Å²) in [7, 11) is 1.41. The molecule has 0 radical (unpaired) electrons. The van der Waals surface area contributed by atoms with Gasteiger partial charge in [-0.25, -0.2) is 0 Å². The number of ether oxygens (including phenoxy) is 1. The Hall–Kier alpha value is -1.35. The zero-order valence-electron chi connectivity index (χ0n) is 10.5. The quantitative estimate of drug-likeness (QED) is 0.735. The van der Waals surface area contributed by atoms with Gasteiger partial charge in [-0.2, -0.15) is 18.2 Å². The van der Waals surface area contributed by atoms with Gasteiger partial charge < -0.3 is 14.9 Å². The summed E-state index contributed by atoms with van der Waals surface area (Å²) in [6.07, 6.45) is -5.30. The molecule has 0 aliphatic carbocycles. The lowest BCUT2D eigenvalue weighted by atomic mass is 10.0. The van der Waals surface area contributed by atoms with E-state index in [4.69, 9.17) is 4.74 Å². The maximum atomic E-state index is 12.4. The minimum absolute atomic E-state index is 0.0838. The average molecular weight is 284 g/mol. The van der Waals surface area contributed by atoms with Crippen LogP contribution in [0.15, 0.2) is 0 Å². The van der Waals surface area contributed by atoms with Crippen LogP contribution in [0.3, 0.4) is 0 Å². The molecule has 6 nitrogen and oxygen atoms in total. The highest BCUT2D eigenvalue weighted by Gasteiger charge is 2.47. The van der Waals surface area contributed by atoms with Crippen molar-refractivity contribution >= 4 is 11.9 Å². The van der Waals surface area contributed by atoms with Gasteiger partial charge >= 0.3 is 18.1 Å². The number of methoxy groups -OCH3 is 1. The predicted molar refractivity (Wildman–Crippen MR) is 56.7 cm³/mol. The molecule has 9 heteroatoms. The Morgan fingerprint density at radius 2 is 1.95 bits per heavy atom. The maximum absolute atomic E-state index is 12.4. The molecule has 0 spiro atoms. The Balaban J connectivity index is 2.84. The molecule has 1 fully saturated rings. The average Bonchev–Trinajstić information content (AvgIpc) is 2.34. The maximum Gasteiger partial charge on any atom is 0.474 e. The Morgan fingerprint density at radius 3 is 2.42 bits per heavy atom. The lowest BCUT2D eigenvalue weighted by molar-refractivity contribution is -0.238. The number of hydroxylamine groups is 2. The lowest BCUT2D eigenvalue weighted by Crippen LogP contribution is -2.56. The number of alkyl halides is 3. The van der Waals surface area contributed by atoms with E-state index in [0.717, 1.165) is 6.92 Å². The van der Waals surface area contributed by atoms with E-state index in [1.54, 1.807) is 0 Å². The lowest BCUT2D eigenvalue weighted by Gasteiger charge is -2.35. The molecular weight excluding hydrogens is 269 g/mol. The molecule has 2 unspecified atom stereocenters. The largest absolute Gasteiger partial charge is 0.474 e. The van der Waals surface area contributed by atoms with Crippen LogP contribution in [0.1, 0.15) is 13.3 Å².